The molecule has 2 heteroatoms. The molecule has 0 spiro atoms. The zero-order valence-corrected chi connectivity index (χ0v) is 9.47. The second kappa shape index (κ2) is 3.40. The lowest BCUT2D eigenvalue weighted by Gasteiger charge is -2.44. The minimum Gasteiger partial charge on any atom is -0.197 e. The molecular weight excluding hydrogens is 190 g/mol. The van der Waals surface area contributed by atoms with Gasteiger partial charge in [-0.05, 0) is 36.1 Å². The minimum atomic E-state index is -0.136. The predicted molar refractivity (Wildman–Crippen MR) is 59.2 cm³/mol. The Morgan fingerprint density at radius 1 is 1.57 bits per heavy atom. The molecular formula is C12H15NS. The van der Waals surface area contributed by atoms with E-state index in [4.69, 9.17) is 0 Å². The van der Waals surface area contributed by atoms with Crippen molar-refractivity contribution in [3.8, 4) is 6.07 Å². The summed E-state index contributed by atoms with van der Waals surface area (Å²) < 4.78 is 0. The Labute approximate surface area is 89.4 Å². The molecule has 1 saturated carbocycles. The maximum absolute atomic E-state index is 9.26. The SMILES string of the molecule is CC(C)C1CC(C#N)(c2cccs2)C1. The van der Waals surface area contributed by atoms with Crippen LogP contribution in [0, 0.1) is 23.2 Å². The standard InChI is InChI=1S/C12H15NS/c1-9(2)10-6-12(7-10,8-13)11-4-3-5-14-11/h3-5,9-10H,6-7H2,1-2H3. The number of nitrogens with zero attached hydrogens (tertiary/aromatic N) is 1. The monoisotopic (exact) mass is 205 g/mol. The largest absolute Gasteiger partial charge is 0.197 e. The summed E-state index contributed by atoms with van der Waals surface area (Å²) in [4.78, 5) is 1.26. The number of nitriles is 1. The van der Waals surface area contributed by atoms with Crippen LogP contribution in [-0.2, 0) is 5.41 Å². The van der Waals surface area contributed by atoms with Gasteiger partial charge in [0.1, 0.15) is 0 Å². The fourth-order valence-electron chi connectivity index (χ4n) is 2.21. The number of rotatable bonds is 2. The van der Waals surface area contributed by atoms with Gasteiger partial charge in [0, 0.05) is 4.88 Å². The molecule has 1 fully saturated rings. The van der Waals surface area contributed by atoms with E-state index in [0.717, 1.165) is 24.7 Å². The van der Waals surface area contributed by atoms with E-state index in [1.54, 1.807) is 11.3 Å². The average Bonchev–Trinajstić information content (AvgIpc) is 2.56. The number of hydrogen-bond acceptors (Lipinski definition) is 2. The van der Waals surface area contributed by atoms with Crippen LogP contribution in [0.5, 0.6) is 0 Å². The third-order valence-corrected chi connectivity index (χ3v) is 4.44. The van der Waals surface area contributed by atoms with Gasteiger partial charge in [0.05, 0.1) is 11.5 Å². The third-order valence-electron chi connectivity index (χ3n) is 3.37. The summed E-state index contributed by atoms with van der Waals surface area (Å²) in [7, 11) is 0. The van der Waals surface area contributed by atoms with Crippen molar-refractivity contribution in [2.24, 2.45) is 11.8 Å². The van der Waals surface area contributed by atoms with E-state index in [1.165, 1.54) is 4.88 Å². The molecule has 0 N–H and O–H groups in total. The molecule has 1 aromatic heterocycles. The Hall–Kier alpha value is -0.810. The number of hydrogen-bond donors (Lipinski definition) is 0. The topological polar surface area (TPSA) is 23.8 Å². The molecule has 0 atom stereocenters. The lowest BCUT2D eigenvalue weighted by molar-refractivity contribution is 0.147. The van der Waals surface area contributed by atoms with Crippen molar-refractivity contribution in [2.45, 2.75) is 32.1 Å². The van der Waals surface area contributed by atoms with Gasteiger partial charge in [0.15, 0.2) is 0 Å². The summed E-state index contributed by atoms with van der Waals surface area (Å²) in [5.41, 5.74) is -0.136. The van der Waals surface area contributed by atoms with Crippen LogP contribution in [0.25, 0.3) is 0 Å². The van der Waals surface area contributed by atoms with E-state index in [-0.39, 0.29) is 5.41 Å². The first-order chi connectivity index (χ1) is 6.68. The summed E-state index contributed by atoms with van der Waals surface area (Å²) in [6.07, 6.45) is 2.11. The van der Waals surface area contributed by atoms with E-state index in [0.29, 0.717) is 0 Å². The maximum Gasteiger partial charge on any atom is 0.0920 e. The first-order valence-electron chi connectivity index (χ1n) is 5.13. The van der Waals surface area contributed by atoms with Crippen molar-refractivity contribution in [3.05, 3.63) is 22.4 Å². The lowest BCUT2D eigenvalue weighted by atomic mass is 9.59. The molecule has 0 aromatic carbocycles. The average molecular weight is 205 g/mol. The Balaban J connectivity index is 2.15. The van der Waals surface area contributed by atoms with Crippen LogP contribution in [-0.4, -0.2) is 0 Å². The van der Waals surface area contributed by atoms with Gasteiger partial charge in [-0.2, -0.15) is 5.26 Å². The van der Waals surface area contributed by atoms with Gasteiger partial charge in [-0.3, -0.25) is 0 Å². The molecule has 0 saturated heterocycles. The Bertz CT molecular complexity index is 339. The lowest BCUT2D eigenvalue weighted by Crippen LogP contribution is -2.41. The van der Waals surface area contributed by atoms with Crippen molar-refractivity contribution in [2.75, 3.05) is 0 Å². The van der Waals surface area contributed by atoms with Crippen LogP contribution < -0.4 is 0 Å². The molecule has 0 aliphatic heterocycles. The molecule has 0 bridgehead atoms. The van der Waals surface area contributed by atoms with Crippen LogP contribution in [0.3, 0.4) is 0 Å². The third kappa shape index (κ3) is 1.36. The van der Waals surface area contributed by atoms with Crippen LogP contribution in [0.1, 0.15) is 31.6 Å². The van der Waals surface area contributed by atoms with E-state index in [1.807, 2.05) is 6.07 Å². The molecule has 2 rings (SSSR count). The summed E-state index contributed by atoms with van der Waals surface area (Å²) in [5.74, 6) is 1.47. The minimum absolute atomic E-state index is 0.136. The summed E-state index contributed by atoms with van der Waals surface area (Å²) in [6.45, 7) is 4.50. The predicted octanol–water partition coefficient (Wildman–Crippen LogP) is 3.58. The zero-order valence-electron chi connectivity index (χ0n) is 8.66. The molecule has 0 radical (unpaired) electrons. The van der Waals surface area contributed by atoms with E-state index < -0.39 is 0 Å². The van der Waals surface area contributed by atoms with E-state index in [2.05, 4.69) is 31.4 Å². The molecule has 1 aliphatic rings. The summed E-state index contributed by atoms with van der Waals surface area (Å²) in [6, 6.07) is 6.66. The highest BCUT2D eigenvalue weighted by atomic mass is 32.1. The molecule has 14 heavy (non-hydrogen) atoms. The summed E-state index contributed by atoms with van der Waals surface area (Å²) >= 11 is 1.72. The first kappa shape index (κ1) is 9.73. The van der Waals surface area contributed by atoms with E-state index >= 15 is 0 Å². The van der Waals surface area contributed by atoms with Crippen molar-refractivity contribution >= 4 is 11.3 Å². The molecule has 1 aliphatic carbocycles. The fourth-order valence-corrected chi connectivity index (χ4v) is 3.10. The smallest absolute Gasteiger partial charge is 0.0920 e. The Morgan fingerprint density at radius 3 is 2.71 bits per heavy atom. The highest BCUT2D eigenvalue weighted by molar-refractivity contribution is 7.10. The normalized spacial score (nSPS) is 31.1. The van der Waals surface area contributed by atoms with Crippen LogP contribution in [0.4, 0.5) is 0 Å². The van der Waals surface area contributed by atoms with Gasteiger partial charge in [0.2, 0.25) is 0 Å². The first-order valence-corrected chi connectivity index (χ1v) is 6.01. The quantitative estimate of drug-likeness (QED) is 0.724. The van der Waals surface area contributed by atoms with Crippen molar-refractivity contribution in [1.82, 2.24) is 0 Å². The van der Waals surface area contributed by atoms with Crippen molar-refractivity contribution < 1.29 is 0 Å². The maximum atomic E-state index is 9.26. The molecule has 0 amide bonds. The van der Waals surface area contributed by atoms with Crippen molar-refractivity contribution in [1.29, 1.82) is 5.26 Å². The van der Waals surface area contributed by atoms with Crippen LogP contribution in [0.2, 0.25) is 0 Å². The second-order valence-corrected chi connectivity index (χ2v) is 5.53. The molecule has 1 aromatic rings. The van der Waals surface area contributed by atoms with Gasteiger partial charge < -0.3 is 0 Å². The van der Waals surface area contributed by atoms with E-state index in [9.17, 15) is 5.26 Å². The second-order valence-electron chi connectivity index (χ2n) is 4.58. The highest BCUT2D eigenvalue weighted by Crippen LogP contribution is 2.51. The summed E-state index contributed by atoms with van der Waals surface area (Å²) in [5, 5.41) is 11.3. The van der Waals surface area contributed by atoms with Crippen molar-refractivity contribution in [3.63, 3.8) is 0 Å². The molecule has 0 unspecified atom stereocenters. The van der Waals surface area contributed by atoms with Gasteiger partial charge in [-0.1, -0.05) is 19.9 Å². The van der Waals surface area contributed by atoms with Gasteiger partial charge >= 0.3 is 0 Å². The molecule has 1 heterocycles. The molecule has 1 nitrogen and oxygen atoms in total. The zero-order chi connectivity index (χ0) is 10.2. The van der Waals surface area contributed by atoms with Crippen LogP contribution >= 0.6 is 11.3 Å². The number of thiophene rings is 1. The van der Waals surface area contributed by atoms with Gasteiger partial charge in [-0.15, -0.1) is 11.3 Å². The Kier molecular flexibility index (Phi) is 2.36. The Morgan fingerprint density at radius 2 is 2.29 bits per heavy atom. The van der Waals surface area contributed by atoms with Gasteiger partial charge in [0.25, 0.3) is 0 Å². The van der Waals surface area contributed by atoms with Crippen LogP contribution in [0.15, 0.2) is 17.5 Å². The highest BCUT2D eigenvalue weighted by Gasteiger charge is 2.47. The molecule has 74 valence electrons. The van der Waals surface area contributed by atoms with Gasteiger partial charge in [-0.25, -0.2) is 0 Å². The fraction of sp³-hybridized carbons (Fsp3) is 0.583.